The van der Waals surface area contributed by atoms with Crippen molar-refractivity contribution in [2.45, 2.75) is 43.9 Å². The SMILES string of the molecule is NCC(=O)N[C@@H](Cc1ccccc1)C(=O)N1CCC[C@H]1C(=O)NCCCNc1cccc2c1C(=O)c1ccccc1C2=O.O=C(O)C(F)(F)F. The van der Waals surface area contributed by atoms with Gasteiger partial charge in [-0.05, 0) is 30.9 Å². The first kappa shape index (κ1) is 37.3. The number of carbonyl (C=O) groups is 6. The van der Waals surface area contributed by atoms with Crippen LogP contribution in [0.2, 0.25) is 0 Å². The van der Waals surface area contributed by atoms with Crippen LogP contribution in [-0.4, -0.2) is 89.7 Å². The smallest absolute Gasteiger partial charge is 0.475 e. The predicted molar refractivity (Wildman–Crippen MR) is 175 cm³/mol. The number of rotatable bonds is 11. The molecule has 0 unspecified atom stereocenters. The molecule has 0 saturated carbocycles. The summed E-state index contributed by atoms with van der Waals surface area (Å²) in [6.45, 7) is 1.00. The number of benzene rings is 3. The Balaban J connectivity index is 0.000000727. The maximum Gasteiger partial charge on any atom is 0.490 e. The molecule has 1 fully saturated rings. The molecule has 0 spiro atoms. The summed E-state index contributed by atoms with van der Waals surface area (Å²) < 4.78 is 31.7. The number of ketones is 2. The molecule has 2 aliphatic rings. The first-order chi connectivity index (χ1) is 23.8. The molecule has 6 N–H and O–H groups in total. The van der Waals surface area contributed by atoms with Crippen LogP contribution >= 0.6 is 0 Å². The molecule has 1 saturated heterocycles. The molecule has 1 aliphatic heterocycles. The number of nitrogens with one attached hydrogen (secondary N) is 3. The highest BCUT2D eigenvalue weighted by molar-refractivity contribution is 6.30. The standard InChI is InChI=1S/C33H35N5O5.C2HF3O2/c34-20-28(39)37-26(19-21-9-2-1-3-10-21)33(43)38-18-7-15-27(38)32(42)36-17-8-16-35-25-14-6-13-24-29(25)31(41)23-12-5-4-11-22(23)30(24)40;3-2(4,5)1(6)7/h1-6,9-14,26-27,35H,7-8,15-20,34H2,(H,36,42)(H,37,39);(H,6,7)/t26-,27-;/m0./s1. The summed E-state index contributed by atoms with van der Waals surface area (Å²) in [7, 11) is 0. The number of likely N-dealkylation sites (tertiary alicyclic amines) is 1. The lowest BCUT2D eigenvalue weighted by molar-refractivity contribution is -0.192. The fraction of sp³-hybridized carbons (Fsp3) is 0.314. The number of nitrogens with two attached hydrogens (primary N) is 1. The van der Waals surface area contributed by atoms with Gasteiger partial charge in [0.2, 0.25) is 17.7 Å². The third-order valence-electron chi connectivity index (χ3n) is 8.10. The molecule has 0 bridgehead atoms. The normalized spacial score (nSPS) is 15.5. The van der Waals surface area contributed by atoms with E-state index in [1.807, 2.05) is 30.3 Å². The lowest BCUT2D eigenvalue weighted by Crippen LogP contribution is -2.55. The number of fused-ring (bicyclic) bond motifs is 2. The second-order valence-corrected chi connectivity index (χ2v) is 11.5. The van der Waals surface area contributed by atoms with Crippen molar-refractivity contribution >= 4 is 40.9 Å². The van der Waals surface area contributed by atoms with Gasteiger partial charge in [-0.1, -0.05) is 66.7 Å². The van der Waals surface area contributed by atoms with Crippen molar-refractivity contribution in [2.24, 2.45) is 5.73 Å². The lowest BCUT2D eigenvalue weighted by atomic mass is 9.83. The van der Waals surface area contributed by atoms with Gasteiger partial charge in [-0.2, -0.15) is 13.2 Å². The molecule has 0 radical (unpaired) electrons. The number of nitrogens with zero attached hydrogens (tertiary/aromatic N) is 1. The highest BCUT2D eigenvalue weighted by Crippen LogP contribution is 2.32. The summed E-state index contributed by atoms with van der Waals surface area (Å²) >= 11 is 0. The van der Waals surface area contributed by atoms with E-state index in [4.69, 9.17) is 15.6 Å². The minimum absolute atomic E-state index is 0.176. The summed E-state index contributed by atoms with van der Waals surface area (Å²) in [6.07, 6.45) is -3.02. The van der Waals surface area contributed by atoms with Crippen molar-refractivity contribution in [1.82, 2.24) is 15.5 Å². The Labute approximate surface area is 285 Å². The van der Waals surface area contributed by atoms with Crippen LogP contribution in [0.1, 0.15) is 56.7 Å². The fourth-order valence-electron chi connectivity index (χ4n) is 5.74. The van der Waals surface area contributed by atoms with Crippen LogP contribution in [0.25, 0.3) is 0 Å². The summed E-state index contributed by atoms with van der Waals surface area (Å²) in [5.74, 6) is -4.11. The van der Waals surface area contributed by atoms with Crippen molar-refractivity contribution in [3.63, 3.8) is 0 Å². The molecule has 15 heteroatoms. The maximum absolute atomic E-state index is 13.5. The number of carboxylic acids is 1. The van der Waals surface area contributed by atoms with Crippen LogP contribution in [0.5, 0.6) is 0 Å². The molecule has 12 nitrogen and oxygen atoms in total. The van der Waals surface area contributed by atoms with Gasteiger partial charge in [0.1, 0.15) is 12.1 Å². The van der Waals surface area contributed by atoms with Gasteiger partial charge >= 0.3 is 12.1 Å². The second-order valence-electron chi connectivity index (χ2n) is 11.5. The number of carbonyl (C=O) groups excluding carboxylic acids is 5. The highest BCUT2D eigenvalue weighted by atomic mass is 19.4. The highest BCUT2D eigenvalue weighted by Gasteiger charge is 2.39. The van der Waals surface area contributed by atoms with Gasteiger partial charge in [0.15, 0.2) is 11.6 Å². The monoisotopic (exact) mass is 695 g/mol. The zero-order valence-electron chi connectivity index (χ0n) is 26.8. The quantitative estimate of drug-likeness (QED) is 0.147. The molecule has 1 heterocycles. The van der Waals surface area contributed by atoms with E-state index in [1.54, 1.807) is 47.4 Å². The number of amides is 3. The van der Waals surface area contributed by atoms with Gasteiger partial charge < -0.3 is 31.7 Å². The molecule has 0 aromatic heterocycles. The summed E-state index contributed by atoms with van der Waals surface area (Å²) in [5, 5.41) is 16.0. The van der Waals surface area contributed by atoms with E-state index < -0.39 is 30.1 Å². The van der Waals surface area contributed by atoms with Crippen molar-refractivity contribution in [2.75, 3.05) is 31.5 Å². The first-order valence-corrected chi connectivity index (χ1v) is 15.8. The van der Waals surface area contributed by atoms with Gasteiger partial charge in [-0.3, -0.25) is 24.0 Å². The van der Waals surface area contributed by atoms with Crippen LogP contribution in [0.15, 0.2) is 72.8 Å². The Morgan fingerprint density at radius 2 is 1.50 bits per heavy atom. The van der Waals surface area contributed by atoms with Crippen LogP contribution in [0.3, 0.4) is 0 Å². The molecule has 264 valence electrons. The second kappa shape index (κ2) is 16.7. The Morgan fingerprint density at radius 1 is 0.880 bits per heavy atom. The Bertz CT molecular complexity index is 1750. The summed E-state index contributed by atoms with van der Waals surface area (Å²) in [5.41, 5.74) is 8.50. The van der Waals surface area contributed by atoms with Crippen molar-refractivity contribution < 1.29 is 47.0 Å². The predicted octanol–water partition coefficient (Wildman–Crippen LogP) is 2.69. The lowest BCUT2D eigenvalue weighted by Gasteiger charge is -2.29. The fourth-order valence-corrected chi connectivity index (χ4v) is 5.74. The third-order valence-corrected chi connectivity index (χ3v) is 8.10. The molecule has 3 amide bonds. The van der Waals surface area contributed by atoms with E-state index in [1.165, 1.54) is 0 Å². The van der Waals surface area contributed by atoms with Crippen LogP contribution in [0.4, 0.5) is 18.9 Å². The molecular formula is C35H36F3N5O7. The van der Waals surface area contributed by atoms with E-state index in [2.05, 4.69) is 16.0 Å². The molecule has 3 aromatic carbocycles. The van der Waals surface area contributed by atoms with Crippen molar-refractivity contribution in [3.8, 4) is 0 Å². The van der Waals surface area contributed by atoms with Gasteiger partial charge in [-0.15, -0.1) is 0 Å². The topological polar surface area (TPSA) is 188 Å². The number of alkyl halides is 3. The van der Waals surface area contributed by atoms with Crippen molar-refractivity contribution in [3.05, 3.63) is 101 Å². The number of hydrogen-bond donors (Lipinski definition) is 5. The van der Waals surface area contributed by atoms with Crippen LogP contribution in [0, 0.1) is 0 Å². The third kappa shape index (κ3) is 9.11. The molecule has 2 atom stereocenters. The maximum atomic E-state index is 13.5. The Kier molecular flexibility index (Phi) is 12.4. The minimum atomic E-state index is -5.08. The molecule has 50 heavy (non-hydrogen) atoms. The summed E-state index contributed by atoms with van der Waals surface area (Å²) in [6, 6.07) is 19.9. The van der Waals surface area contributed by atoms with Gasteiger partial charge in [0, 0.05) is 48.4 Å². The summed E-state index contributed by atoms with van der Waals surface area (Å²) in [4.78, 5) is 75.4. The van der Waals surface area contributed by atoms with Crippen LogP contribution in [-0.2, 0) is 25.6 Å². The first-order valence-electron chi connectivity index (χ1n) is 15.8. The van der Waals surface area contributed by atoms with E-state index >= 15 is 0 Å². The minimum Gasteiger partial charge on any atom is -0.475 e. The number of hydrogen-bond acceptors (Lipinski definition) is 8. The zero-order valence-corrected chi connectivity index (χ0v) is 26.8. The molecule has 5 rings (SSSR count). The van der Waals surface area contributed by atoms with Crippen LogP contribution < -0.4 is 21.7 Å². The van der Waals surface area contributed by atoms with E-state index in [0.29, 0.717) is 73.3 Å². The van der Waals surface area contributed by atoms with E-state index in [9.17, 15) is 37.1 Å². The average Bonchev–Trinajstić information content (AvgIpc) is 3.60. The molecular weight excluding hydrogens is 659 g/mol. The van der Waals surface area contributed by atoms with Gasteiger partial charge in [0.05, 0.1) is 12.1 Å². The number of anilines is 1. The van der Waals surface area contributed by atoms with Gasteiger partial charge in [-0.25, -0.2) is 4.79 Å². The molecule has 3 aromatic rings. The number of halogens is 3. The van der Waals surface area contributed by atoms with E-state index in [0.717, 1.165) is 5.56 Å². The zero-order chi connectivity index (χ0) is 36.4. The Hall–Kier alpha value is -5.57. The van der Waals surface area contributed by atoms with E-state index in [-0.39, 0.29) is 29.9 Å². The number of aliphatic carboxylic acids is 1. The Morgan fingerprint density at radius 3 is 2.14 bits per heavy atom. The van der Waals surface area contributed by atoms with Crippen molar-refractivity contribution in [1.29, 1.82) is 0 Å². The largest absolute Gasteiger partial charge is 0.490 e. The molecule has 1 aliphatic carbocycles. The number of carboxylic acid groups (broad SMARTS) is 1. The average molecular weight is 696 g/mol. The van der Waals surface area contributed by atoms with Gasteiger partial charge in [0.25, 0.3) is 0 Å².